The number of H-pyrrole nitrogens is 1. The fourth-order valence-corrected chi connectivity index (χ4v) is 3.76. The van der Waals surface area contributed by atoms with E-state index in [4.69, 9.17) is 10.5 Å². The second-order valence-corrected chi connectivity index (χ2v) is 6.51. The summed E-state index contributed by atoms with van der Waals surface area (Å²) in [4.78, 5) is 0.168. The SMILES string of the molecule is Cc1[nH]nc(CN)c1S(=O)(=O)NCC1CCOC1C. The normalized spacial score (nSPS) is 23.9. The van der Waals surface area contributed by atoms with Crippen molar-refractivity contribution >= 4 is 10.0 Å². The largest absolute Gasteiger partial charge is 0.378 e. The van der Waals surface area contributed by atoms with Gasteiger partial charge in [0, 0.05) is 25.6 Å². The summed E-state index contributed by atoms with van der Waals surface area (Å²) in [6.45, 7) is 4.77. The Morgan fingerprint density at radius 3 is 2.89 bits per heavy atom. The molecule has 2 heterocycles. The Morgan fingerprint density at radius 1 is 1.58 bits per heavy atom. The Balaban J connectivity index is 2.12. The van der Waals surface area contributed by atoms with Crippen molar-refractivity contribution < 1.29 is 13.2 Å². The third-order valence-corrected chi connectivity index (χ3v) is 5.12. The molecule has 0 amide bonds. The van der Waals surface area contributed by atoms with Gasteiger partial charge in [-0.2, -0.15) is 5.10 Å². The molecule has 0 radical (unpaired) electrons. The fraction of sp³-hybridized carbons (Fsp3) is 0.727. The van der Waals surface area contributed by atoms with Crippen LogP contribution in [-0.4, -0.2) is 37.9 Å². The molecule has 1 aromatic heterocycles. The van der Waals surface area contributed by atoms with Gasteiger partial charge in [-0.3, -0.25) is 5.10 Å². The van der Waals surface area contributed by atoms with Gasteiger partial charge < -0.3 is 10.5 Å². The van der Waals surface area contributed by atoms with Gasteiger partial charge in [-0.25, -0.2) is 13.1 Å². The monoisotopic (exact) mass is 288 g/mol. The molecule has 0 saturated carbocycles. The predicted molar refractivity (Wildman–Crippen MR) is 69.9 cm³/mol. The van der Waals surface area contributed by atoms with Crippen LogP contribution in [-0.2, 0) is 21.3 Å². The number of hydrogen-bond acceptors (Lipinski definition) is 5. The zero-order valence-electron chi connectivity index (χ0n) is 11.1. The molecule has 2 unspecified atom stereocenters. The maximum absolute atomic E-state index is 12.3. The van der Waals surface area contributed by atoms with E-state index in [1.807, 2.05) is 6.92 Å². The van der Waals surface area contributed by atoms with Crippen LogP contribution in [0.2, 0.25) is 0 Å². The van der Waals surface area contributed by atoms with Crippen LogP contribution in [0.3, 0.4) is 0 Å². The topological polar surface area (TPSA) is 110 Å². The molecule has 1 aliphatic heterocycles. The van der Waals surface area contributed by atoms with E-state index in [1.54, 1.807) is 6.92 Å². The van der Waals surface area contributed by atoms with Gasteiger partial charge in [-0.1, -0.05) is 0 Å². The molecule has 8 heteroatoms. The first-order valence-corrected chi connectivity index (χ1v) is 7.79. The van der Waals surface area contributed by atoms with Crippen molar-refractivity contribution in [2.45, 2.75) is 37.8 Å². The molecule has 2 atom stereocenters. The lowest BCUT2D eigenvalue weighted by Crippen LogP contribution is -2.32. The summed E-state index contributed by atoms with van der Waals surface area (Å²) in [6.07, 6.45) is 0.958. The second kappa shape index (κ2) is 5.58. The van der Waals surface area contributed by atoms with Crippen molar-refractivity contribution in [1.82, 2.24) is 14.9 Å². The van der Waals surface area contributed by atoms with Gasteiger partial charge in [0.1, 0.15) is 4.90 Å². The van der Waals surface area contributed by atoms with Crippen LogP contribution in [0.4, 0.5) is 0 Å². The summed E-state index contributed by atoms with van der Waals surface area (Å²) in [5.74, 6) is 0.211. The highest BCUT2D eigenvalue weighted by atomic mass is 32.2. The number of rotatable bonds is 5. The predicted octanol–water partition coefficient (Wildman–Crippen LogP) is -0.120. The molecule has 1 aromatic rings. The van der Waals surface area contributed by atoms with Gasteiger partial charge in [0.05, 0.1) is 17.5 Å². The minimum Gasteiger partial charge on any atom is -0.378 e. The molecule has 1 aliphatic rings. The molecule has 1 saturated heterocycles. The number of aromatic nitrogens is 2. The number of sulfonamides is 1. The lowest BCUT2D eigenvalue weighted by Gasteiger charge is -2.15. The zero-order chi connectivity index (χ0) is 14.0. The standard InChI is InChI=1S/C11H20N4O3S/c1-7-11(10(5-12)15-14-7)19(16,17)13-6-9-3-4-18-8(9)2/h8-9,13H,3-6,12H2,1-2H3,(H,14,15). The molecule has 0 spiro atoms. The third-order valence-electron chi connectivity index (χ3n) is 3.49. The highest BCUT2D eigenvalue weighted by Gasteiger charge is 2.28. The minimum absolute atomic E-state index is 0.0853. The van der Waals surface area contributed by atoms with Gasteiger partial charge in [0.25, 0.3) is 0 Å². The molecule has 2 rings (SSSR count). The second-order valence-electron chi connectivity index (χ2n) is 4.81. The van der Waals surface area contributed by atoms with Gasteiger partial charge in [0.2, 0.25) is 10.0 Å². The number of hydrogen-bond donors (Lipinski definition) is 3. The Kier molecular flexibility index (Phi) is 4.24. The van der Waals surface area contributed by atoms with Crippen molar-refractivity contribution in [3.8, 4) is 0 Å². The van der Waals surface area contributed by atoms with Crippen LogP contribution >= 0.6 is 0 Å². The first-order valence-electron chi connectivity index (χ1n) is 6.31. The van der Waals surface area contributed by atoms with Crippen LogP contribution in [0.15, 0.2) is 4.90 Å². The molecule has 0 aliphatic carbocycles. The first-order chi connectivity index (χ1) is 8.95. The number of nitrogens with two attached hydrogens (primary N) is 1. The summed E-state index contributed by atoms with van der Waals surface area (Å²) in [5, 5.41) is 6.56. The van der Waals surface area contributed by atoms with E-state index in [9.17, 15) is 8.42 Å². The molecule has 4 N–H and O–H groups in total. The fourth-order valence-electron chi connectivity index (χ4n) is 2.30. The lowest BCUT2D eigenvalue weighted by molar-refractivity contribution is 0.107. The molecule has 108 valence electrons. The van der Waals surface area contributed by atoms with Crippen molar-refractivity contribution in [3.63, 3.8) is 0 Å². The Bertz CT molecular complexity index is 540. The van der Waals surface area contributed by atoms with E-state index >= 15 is 0 Å². The first kappa shape index (κ1) is 14.4. The molecule has 19 heavy (non-hydrogen) atoms. The molecule has 0 bridgehead atoms. The van der Waals surface area contributed by atoms with E-state index in [-0.39, 0.29) is 23.5 Å². The van der Waals surface area contributed by atoms with Crippen molar-refractivity contribution in [2.75, 3.05) is 13.2 Å². The lowest BCUT2D eigenvalue weighted by atomic mass is 10.0. The Labute approximate surface area is 113 Å². The molecular formula is C11H20N4O3S. The Morgan fingerprint density at radius 2 is 2.32 bits per heavy atom. The average molecular weight is 288 g/mol. The van der Waals surface area contributed by atoms with E-state index in [2.05, 4.69) is 14.9 Å². The van der Waals surface area contributed by atoms with Gasteiger partial charge in [-0.05, 0) is 20.3 Å². The van der Waals surface area contributed by atoms with Gasteiger partial charge in [-0.15, -0.1) is 0 Å². The molecule has 1 fully saturated rings. The number of aryl methyl sites for hydroxylation is 1. The van der Waals surface area contributed by atoms with Crippen molar-refractivity contribution in [3.05, 3.63) is 11.4 Å². The summed E-state index contributed by atoms with van der Waals surface area (Å²) in [7, 11) is -3.58. The molecule has 0 aromatic carbocycles. The van der Waals surface area contributed by atoms with Gasteiger partial charge >= 0.3 is 0 Å². The van der Waals surface area contributed by atoms with Crippen LogP contribution < -0.4 is 10.5 Å². The summed E-state index contributed by atoms with van der Waals surface area (Å²) < 4.78 is 32.6. The van der Waals surface area contributed by atoms with Crippen LogP contribution in [0.1, 0.15) is 24.7 Å². The number of ether oxygens (including phenoxy) is 1. The number of nitrogens with zero attached hydrogens (tertiary/aromatic N) is 1. The number of aromatic amines is 1. The maximum atomic E-state index is 12.3. The molecule has 7 nitrogen and oxygen atoms in total. The van der Waals surface area contributed by atoms with E-state index in [0.29, 0.717) is 24.5 Å². The summed E-state index contributed by atoms with van der Waals surface area (Å²) in [5.41, 5.74) is 6.37. The van der Waals surface area contributed by atoms with E-state index < -0.39 is 10.0 Å². The summed E-state index contributed by atoms with van der Waals surface area (Å²) in [6, 6.07) is 0. The van der Waals surface area contributed by atoms with Gasteiger partial charge in [0.15, 0.2) is 0 Å². The highest BCUT2D eigenvalue weighted by Crippen LogP contribution is 2.21. The van der Waals surface area contributed by atoms with Crippen LogP contribution in [0, 0.1) is 12.8 Å². The van der Waals surface area contributed by atoms with Crippen molar-refractivity contribution in [2.24, 2.45) is 11.7 Å². The van der Waals surface area contributed by atoms with Crippen molar-refractivity contribution in [1.29, 1.82) is 0 Å². The quantitative estimate of drug-likeness (QED) is 0.699. The maximum Gasteiger partial charge on any atom is 0.244 e. The molecular weight excluding hydrogens is 268 g/mol. The van der Waals surface area contributed by atoms with E-state index in [1.165, 1.54) is 0 Å². The zero-order valence-corrected chi connectivity index (χ0v) is 12.0. The Hall–Kier alpha value is -0.960. The number of nitrogens with one attached hydrogen (secondary N) is 2. The van der Waals surface area contributed by atoms with E-state index in [0.717, 1.165) is 6.42 Å². The minimum atomic E-state index is -3.58. The smallest absolute Gasteiger partial charge is 0.244 e. The average Bonchev–Trinajstić information content (AvgIpc) is 2.93. The van der Waals surface area contributed by atoms with Crippen LogP contribution in [0.25, 0.3) is 0 Å². The highest BCUT2D eigenvalue weighted by molar-refractivity contribution is 7.89. The third kappa shape index (κ3) is 2.97. The van der Waals surface area contributed by atoms with Crippen LogP contribution in [0.5, 0.6) is 0 Å². The summed E-state index contributed by atoms with van der Waals surface area (Å²) >= 11 is 0.